The van der Waals surface area contributed by atoms with E-state index in [1.807, 2.05) is 36.1 Å². The minimum atomic E-state index is 0.0599. The van der Waals surface area contributed by atoms with Crippen molar-refractivity contribution >= 4 is 23.1 Å². The second-order valence-corrected chi connectivity index (χ2v) is 5.25. The van der Waals surface area contributed by atoms with Crippen molar-refractivity contribution in [3.8, 4) is 0 Å². The Morgan fingerprint density at radius 1 is 1.26 bits per heavy atom. The molecule has 0 fully saturated rings. The van der Waals surface area contributed by atoms with Gasteiger partial charge in [0.2, 0.25) is 0 Å². The molecule has 0 saturated carbocycles. The summed E-state index contributed by atoms with van der Waals surface area (Å²) in [5, 5.41) is 0. The largest absolute Gasteiger partial charge is 0.393 e. The van der Waals surface area contributed by atoms with Crippen LogP contribution in [0.5, 0.6) is 0 Å². The number of carbonyl (C=O) groups excluding carboxylic acids is 1. The van der Waals surface area contributed by atoms with E-state index in [4.69, 9.17) is 18.0 Å². The molecule has 104 valence electrons. The van der Waals surface area contributed by atoms with Gasteiger partial charge < -0.3 is 10.6 Å². The molecule has 0 spiro atoms. The summed E-state index contributed by atoms with van der Waals surface area (Å²) < 4.78 is 0. The molecule has 1 amide bonds. The Kier molecular flexibility index (Phi) is 6.50. The topological polar surface area (TPSA) is 46.3 Å². The number of amides is 1. The predicted molar refractivity (Wildman–Crippen MR) is 83.4 cm³/mol. The Balaban J connectivity index is 2.74. The van der Waals surface area contributed by atoms with Crippen LogP contribution in [0.4, 0.5) is 0 Å². The number of hydrogen-bond acceptors (Lipinski definition) is 2. The molecule has 1 aromatic rings. The standard InChI is InChI=1S/C15H22N2OS/c1-3-4-10-17(11-9-14(16)19)15(18)13-7-5-12(2)6-8-13/h5-8H,3-4,9-11H2,1-2H3,(H2,16,19). The van der Waals surface area contributed by atoms with E-state index in [9.17, 15) is 4.79 Å². The summed E-state index contributed by atoms with van der Waals surface area (Å²) in [6, 6.07) is 7.66. The van der Waals surface area contributed by atoms with Crippen molar-refractivity contribution in [3.05, 3.63) is 35.4 Å². The Morgan fingerprint density at radius 3 is 2.42 bits per heavy atom. The molecule has 0 aliphatic carbocycles. The maximum absolute atomic E-state index is 12.4. The molecule has 0 atom stereocenters. The zero-order chi connectivity index (χ0) is 14.3. The molecule has 19 heavy (non-hydrogen) atoms. The van der Waals surface area contributed by atoms with Crippen LogP contribution in [0.25, 0.3) is 0 Å². The van der Waals surface area contributed by atoms with Gasteiger partial charge in [-0.3, -0.25) is 4.79 Å². The van der Waals surface area contributed by atoms with Gasteiger partial charge in [0.25, 0.3) is 5.91 Å². The van der Waals surface area contributed by atoms with Crippen LogP contribution >= 0.6 is 12.2 Å². The lowest BCUT2D eigenvalue weighted by atomic mass is 10.1. The van der Waals surface area contributed by atoms with Crippen LogP contribution in [0.15, 0.2) is 24.3 Å². The van der Waals surface area contributed by atoms with E-state index in [1.54, 1.807) is 0 Å². The van der Waals surface area contributed by atoms with Gasteiger partial charge in [0.15, 0.2) is 0 Å². The molecule has 1 rings (SSSR count). The van der Waals surface area contributed by atoms with Crippen LogP contribution < -0.4 is 5.73 Å². The Bertz CT molecular complexity index is 428. The van der Waals surface area contributed by atoms with Gasteiger partial charge in [-0.1, -0.05) is 43.3 Å². The fourth-order valence-electron chi connectivity index (χ4n) is 1.79. The molecule has 0 saturated heterocycles. The third kappa shape index (κ3) is 5.39. The van der Waals surface area contributed by atoms with Crippen LogP contribution in [-0.2, 0) is 0 Å². The Labute approximate surface area is 120 Å². The van der Waals surface area contributed by atoms with Crippen LogP contribution in [0.3, 0.4) is 0 Å². The highest BCUT2D eigenvalue weighted by Crippen LogP contribution is 2.09. The van der Waals surface area contributed by atoms with Crippen molar-refractivity contribution in [1.29, 1.82) is 0 Å². The van der Waals surface area contributed by atoms with E-state index in [1.165, 1.54) is 0 Å². The summed E-state index contributed by atoms with van der Waals surface area (Å²) in [6.45, 7) is 5.48. The number of thiocarbonyl (C=S) groups is 1. The van der Waals surface area contributed by atoms with Crippen molar-refractivity contribution in [3.63, 3.8) is 0 Å². The van der Waals surface area contributed by atoms with Crippen molar-refractivity contribution < 1.29 is 4.79 Å². The van der Waals surface area contributed by atoms with E-state index >= 15 is 0 Å². The van der Waals surface area contributed by atoms with Gasteiger partial charge in [0.05, 0.1) is 4.99 Å². The molecule has 0 unspecified atom stereocenters. The first-order valence-corrected chi connectivity index (χ1v) is 7.09. The number of unbranched alkanes of at least 4 members (excludes halogenated alkanes) is 1. The summed E-state index contributed by atoms with van der Waals surface area (Å²) in [5.41, 5.74) is 7.40. The zero-order valence-electron chi connectivity index (χ0n) is 11.7. The van der Waals surface area contributed by atoms with E-state index in [0.29, 0.717) is 18.0 Å². The predicted octanol–water partition coefficient (Wildman–Crippen LogP) is 2.91. The lowest BCUT2D eigenvalue weighted by Crippen LogP contribution is -2.34. The molecular formula is C15H22N2OS. The molecule has 0 aromatic heterocycles. The van der Waals surface area contributed by atoms with Crippen molar-refractivity contribution in [2.24, 2.45) is 5.73 Å². The molecule has 0 bridgehead atoms. The quantitative estimate of drug-likeness (QED) is 0.780. The van der Waals surface area contributed by atoms with Crippen LogP contribution in [0.1, 0.15) is 42.1 Å². The van der Waals surface area contributed by atoms with Gasteiger partial charge in [-0.25, -0.2) is 0 Å². The van der Waals surface area contributed by atoms with Crippen LogP contribution in [0.2, 0.25) is 0 Å². The summed E-state index contributed by atoms with van der Waals surface area (Å²) in [7, 11) is 0. The number of hydrogen-bond donors (Lipinski definition) is 1. The number of rotatable bonds is 7. The first-order chi connectivity index (χ1) is 9.04. The summed E-state index contributed by atoms with van der Waals surface area (Å²) in [5.74, 6) is 0.0599. The van der Waals surface area contributed by atoms with E-state index < -0.39 is 0 Å². The number of aryl methyl sites for hydroxylation is 1. The van der Waals surface area contributed by atoms with Gasteiger partial charge in [-0.15, -0.1) is 0 Å². The normalized spacial score (nSPS) is 10.2. The van der Waals surface area contributed by atoms with E-state index in [-0.39, 0.29) is 5.91 Å². The minimum Gasteiger partial charge on any atom is -0.393 e. The summed E-state index contributed by atoms with van der Waals surface area (Å²) >= 11 is 4.89. The SMILES string of the molecule is CCCCN(CCC(N)=S)C(=O)c1ccc(C)cc1. The maximum Gasteiger partial charge on any atom is 0.253 e. The molecule has 3 nitrogen and oxygen atoms in total. The first kappa shape index (κ1) is 15.6. The molecule has 0 aliphatic heterocycles. The summed E-state index contributed by atoms with van der Waals surface area (Å²) in [4.78, 5) is 14.7. The van der Waals surface area contributed by atoms with Crippen molar-refractivity contribution in [1.82, 2.24) is 4.90 Å². The maximum atomic E-state index is 12.4. The summed E-state index contributed by atoms with van der Waals surface area (Å²) in [6.07, 6.45) is 2.64. The van der Waals surface area contributed by atoms with Crippen molar-refractivity contribution in [2.75, 3.05) is 13.1 Å². The molecular weight excluding hydrogens is 256 g/mol. The number of benzene rings is 1. The Hall–Kier alpha value is -1.42. The molecule has 0 heterocycles. The monoisotopic (exact) mass is 278 g/mol. The minimum absolute atomic E-state index is 0.0599. The lowest BCUT2D eigenvalue weighted by Gasteiger charge is -2.22. The highest BCUT2D eigenvalue weighted by molar-refractivity contribution is 7.80. The molecule has 4 heteroatoms. The van der Waals surface area contributed by atoms with Gasteiger partial charge in [0.1, 0.15) is 0 Å². The number of carbonyl (C=O) groups is 1. The van der Waals surface area contributed by atoms with Gasteiger partial charge in [-0.2, -0.15) is 0 Å². The van der Waals surface area contributed by atoms with Crippen molar-refractivity contribution in [2.45, 2.75) is 33.1 Å². The molecule has 2 N–H and O–H groups in total. The number of nitrogens with zero attached hydrogens (tertiary/aromatic N) is 1. The first-order valence-electron chi connectivity index (χ1n) is 6.69. The molecule has 1 aromatic carbocycles. The second kappa shape index (κ2) is 7.89. The zero-order valence-corrected chi connectivity index (χ0v) is 12.5. The average Bonchev–Trinajstić information content (AvgIpc) is 2.39. The molecule has 0 radical (unpaired) electrons. The lowest BCUT2D eigenvalue weighted by molar-refractivity contribution is 0.0758. The number of nitrogens with two attached hydrogens (primary N) is 1. The highest BCUT2D eigenvalue weighted by atomic mass is 32.1. The van der Waals surface area contributed by atoms with Gasteiger partial charge in [0, 0.05) is 25.1 Å². The van der Waals surface area contributed by atoms with Crippen LogP contribution in [-0.4, -0.2) is 28.9 Å². The van der Waals surface area contributed by atoms with Gasteiger partial charge >= 0.3 is 0 Å². The smallest absolute Gasteiger partial charge is 0.253 e. The molecule has 0 aliphatic rings. The third-order valence-corrected chi connectivity index (χ3v) is 3.20. The van der Waals surface area contributed by atoms with E-state index in [2.05, 4.69) is 6.92 Å². The van der Waals surface area contributed by atoms with E-state index in [0.717, 1.165) is 30.5 Å². The highest BCUT2D eigenvalue weighted by Gasteiger charge is 2.15. The average molecular weight is 278 g/mol. The van der Waals surface area contributed by atoms with Crippen LogP contribution in [0, 0.1) is 6.92 Å². The fraction of sp³-hybridized carbons (Fsp3) is 0.467. The van der Waals surface area contributed by atoms with Gasteiger partial charge in [-0.05, 0) is 25.5 Å². The Morgan fingerprint density at radius 2 is 1.89 bits per heavy atom. The third-order valence-electron chi connectivity index (χ3n) is 3.00. The fourth-order valence-corrected chi connectivity index (χ4v) is 1.88. The second-order valence-electron chi connectivity index (χ2n) is 4.73.